The predicted octanol–water partition coefficient (Wildman–Crippen LogP) is 3.25. The lowest BCUT2D eigenvalue weighted by Gasteiger charge is -2.35. The molecular weight excluding hydrogens is 340 g/mol. The minimum atomic E-state index is 0.0672. The predicted molar refractivity (Wildman–Crippen MR) is 96.4 cm³/mol. The van der Waals surface area contributed by atoms with E-state index in [0.717, 1.165) is 37.2 Å². The van der Waals surface area contributed by atoms with E-state index in [2.05, 4.69) is 11.4 Å². The standard InChI is InChI=1S/C18H20N2O2S2/c21-17(20-9-5-15-14(12-20)6-11-24-15)13-3-7-19(8-4-13)18(22)16-2-1-10-23-16/h1-2,6,10-11,13H,3-5,7-9,12H2. The number of likely N-dealkylation sites (tertiary alicyclic amines) is 1. The second kappa shape index (κ2) is 6.69. The number of fused-ring (bicyclic) bond motifs is 1. The molecule has 0 saturated carbocycles. The topological polar surface area (TPSA) is 40.6 Å². The summed E-state index contributed by atoms with van der Waals surface area (Å²) in [7, 11) is 0. The minimum Gasteiger partial charge on any atom is -0.338 e. The van der Waals surface area contributed by atoms with Crippen LogP contribution < -0.4 is 0 Å². The molecule has 4 rings (SSSR count). The van der Waals surface area contributed by atoms with E-state index in [1.807, 2.05) is 27.3 Å². The van der Waals surface area contributed by atoms with Crippen LogP contribution in [0.3, 0.4) is 0 Å². The maximum Gasteiger partial charge on any atom is 0.263 e. The molecule has 0 spiro atoms. The maximum absolute atomic E-state index is 12.8. The summed E-state index contributed by atoms with van der Waals surface area (Å²) in [5, 5.41) is 4.05. The lowest BCUT2D eigenvalue weighted by Crippen LogP contribution is -2.45. The Morgan fingerprint density at radius 2 is 1.83 bits per heavy atom. The van der Waals surface area contributed by atoms with E-state index >= 15 is 0 Å². The van der Waals surface area contributed by atoms with Crippen LogP contribution in [0.25, 0.3) is 0 Å². The lowest BCUT2D eigenvalue weighted by atomic mass is 9.94. The monoisotopic (exact) mass is 360 g/mol. The molecule has 1 saturated heterocycles. The van der Waals surface area contributed by atoms with Crippen LogP contribution in [0.1, 0.15) is 33.0 Å². The number of hydrogen-bond acceptors (Lipinski definition) is 4. The third kappa shape index (κ3) is 3.00. The first-order valence-electron chi connectivity index (χ1n) is 8.39. The van der Waals surface area contributed by atoms with Crippen LogP contribution in [0.15, 0.2) is 29.0 Å². The Labute approximate surface area is 149 Å². The van der Waals surface area contributed by atoms with Crippen molar-refractivity contribution in [3.8, 4) is 0 Å². The molecule has 0 N–H and O–H groups in total. The van der Waals surface area contributed by atoms with Crippen molar-refractivity contribution in [3.05, 3.63) is 44.3 Å². The summed E-state index contributed by atoms with van der Waals surface area (Å²) >= 11 is 3.28. The average molecular weight is 361 g/mol. The van der Waals surface area contributed by atoms with Gasteiger partial charge in [-0.1, -0.05) is 6.07 Å². The SMILES string of the molecule is O=C(c1cccs1)N1CCC(C(=O)N2CCc3sccc3C2)CC1. The van der Waals surface area contributed by atoms with Gasteiger partial charge in [0, 0.05) is 37.0 Å². The van der Waals surface area contributed by atoms with Crippen molar-refractivity contribution in [1.29, 1.82) is 0 Å². The molecule has 2 aromatic heterocycles. The second-order valence-corrected chi connectivity index (χ2v) is 8.37. The fraction of sp³-hybridized carbons (Fsp3) is 0.444. The zero-order valence-electron chi connectivity index (χ0n) is 13.4. The highest BCUT2D eigenvalue weighted by atomic mass is 32.1. The molecule has 126 valence electrons. The molecule has 4 heterocycles. The summed E-state index contributed by atoms with van der Waals surface area (Å²) in [6, 6.07) is 5.92. The zero-order valence-corrected chi connectivity index (χ0v) is 15.1. The Kier molecular flexibility index (Phi) is 4.41. The summed E-state index contributed by atoms with van der Waals surface area (Å²) in [5.74, 6) is 0.449. The highest BCUT2D eigenvalue weighted by Crippen LogP contribution is 2.28. The van der Waals surface area contributed by atoms with Crippen LogP contribution in [-0.4, -0.2) is 41.2 Å². The Balaban J connectivity index is 1.34. The molecule has 0 aromatic carbocycles. The van der Waals surface area contributed by atoms with Gasteiger partial charge in [-0.2, -0.15) is 0 Å². The van der Waals surface area contributed by atoms with Crippen molar-refractivity contribution >= 4 is 34.5 Å². The molecule has 2 amide bonds. The van der Waals surface area contributed by atoms with Gasteiger partial charge in [-0.3, -0.25) is 9.59 Å². The Morgan fingerprint density at radius 1 is 1.00 bits per heavy atom. The third-order valence-corrected chi connectivity index (χ3v) is 6.86. The van der Waals surface area contributed by atoms with E-state index < -0.39 is 0 Å². The van der Waals surface area contributed by atoms with E-state index in [1.54, 1.807) is 11.3 Å². The first-order valence-corrected chi connectivity index (χ1v) is 10.1. The molecule has 24 heavy (non-hydrogen) atoms. The van der Waals surface area contributed by atoms with Crippen LogP contribution >= 0.6 is 22.7 Å². The van der Waals surface area contributed by atoms with Gasteiger partial charge in [0.25, 0.3) is 5.91 Å². The second-order valence-electron chi connectivity index (χ2n) is 6.42. The molecule has 2 aromatic rings. The largest absolute Gasteiger partial charge is 0.338 e. The van der Waals surface area contributed by atoms with E-state index in [-0.39, 0.29) is 17.7 Å². The van der Waals surface area contributed by atoms with Gasteiger partial charge in [-0.05, 0) is 47.7 Å². The molecule has 6 heteroatoms. The molecule has 0 radical (unpaired) electrons. The Morgan fingerprint density at radius 3 is 2.58 bits per heavy atom. The van der Waals surface area contributed by atoms with Crippen LogP contribution in [-0.2, 0) is 17.8 Å². The molecule has 1 fully saturated rings. The van der Waals surface area contributed by atoms with Gasteiger partial charge < -0.3 is 9.80 Å². The summed E-state index contributed by atoms with van der Waals surface area (Å²) in [5.41, 5.74) is 1.31. The number of amides is 2. The van der Waals surface area contributed by atoms with Crippen molar-refractivity contribution in [2.24, 2.45) is 5.92 Å². The van der Waals surface area contributed by atoms with Crippen LogP contribution in [0.4, 0.5) is 0 Å². The van der Waals surface area contributed by atoms with Crippen molar-refractivity contribution in [3.63, 3.8) is 0 Å². The van der Waals surface area contributed by atoms with Gasteiger partial charge in [0.15, 0.2) is 0 Å². The van der Waals surface area contributed by atoms with Crippen molar-refractivity contribution in [2.75, 3.05) is 19.6 Å². The molecule has 0 unspecified atom stereocenters. The zero-order chi connectivity index (χ0) is 16.5. The van der Waals surface area contributed by atoms with Gasteiger partial charge in [-0.25, -0.2) is 0 Å². The molecule has 0 atom stereocenters. The first-order chi connectivity index (χ1) is 11.7. The van der Waals surface area contributed by atoms with E-state index in [0.29, 0.717) is 13.1 Å². The Hall–Kier alpha value is -1.66. The maximum atomic E-state index is 12.8. The normalized spacial score (nSPS) is 18.5. The van der Waals surface area contributed by atoms with Gasteiger partial charge in [0.2, 0.25) is 5.91 Å². The van der Waals surface area contributed by atoms with Gasteiger partial charge in [0.05, 0.1) is 4.88 Å². The number of carbonyl (C=O) groups excluding carboxylic acids is 2. The van der Waals surface area contributed by atoms with Crippen LogP contribution in [0.5, 0.6) is 0 Å². The van der Waals surface area contributed by atoms with E-state index in [4.69, 9.17) is 0 Å². The van der Waals surface area contributed by atoms with Crippen LogP contribution in [0, 0.1) is 5.92 Å². The summed E-state index contributed by atoms with van der Waals surface area (Å²) in [4.78, 5) is 31.3. The first kappa shape index (κ1) is 15.8. The van der Waals surface area contributed by atoms with Gasteiger partial charge in [-0.15, -0.1) is 22.7 Å². The fourth-order valence-corrected chi connectivity index (χ4v) is 5.16. The third-order valence-electron chi connectivity index (χ3n) is 4.98. The Bertz CT molecular complexity index is 730. The van der Waals surface area contributed by atoms with Gasteiger partial charge in [0.1, 0.15) is 0 Å². The lowest BCUT2D eigenvalue weighted by molar-refractivity contribution is -0.137. The van der Waals surface area contributed by atoms with Gasteiger partial charge >= 0.3 is 0 Å². The van der Waals surface area contributed by atoms with Crippen molar-refractivity contribution in [1.82, 2.24) is 9.80 Å². The smallest absolute Gasteiger partial charge is 0.263 e. The summed E-state index contributed by atoms with van der Waals surface area (Å²) in [6.45, 7) is 2.96. The number of carbonyl (C=O) groups is 2. The highest BCUT2D eigenvalue weighted by Gasteiger charge is 2.32. The molecule has 4 nitrogen and oxygen atoms in total. The summed E-state index contributed by atoms with van der Waals surface area (Å²) in [6.07, 6.45) is 2.54. The minimum absolute atomic E-state index is 0.0672. The molecule has 2 aliphatic rings. The fourth-order valence-electron chi connectivity index (χ4n) is 3.58. The molecule has 0 bridgehead atoms. The quantitative estimate of drug-likeness (QED) is 0.825. The number of rotatable bonds is 2. The average Bonchev–Trinajstić information content (AvgIpc) is 3.31. The van der Waals surface area contributed by atoms with Crippen molar-refractivity contribution in [2.45, 2.75) is 25.8 Å². The molecule has 2 aliphatic heterocycles. The number of hydrogen-bond donors (Lipinski definition) is 0. The van der Waals surface area contributed by atoms with Crippen molar-refractivity contribution < 1.29 is 9.59 Å². The summed E-state index contributed by atoms with van der Waals surface area (Å²) < 4.78 is 0. The number of nitrogens with zero attached hydrogens (tertiary/aromatic N) is 2. The number of piperidine rings is 1. The van der Waals surface area contributed by atoms with E-state index in [9.17, 15) is 9.59 Å². The number of thiophene rings is 2. The van der Waals surface area contributed by atoms with Crippen LogP contribution in [0.2, 0.25) is 0 Å². The molecule has 0 aliphatic carbocycles. The van der Waals surface area contributed by atoms with E-state index in [1.165, 1.54) is 21.8 Å². The molecular formula is C18H20N2O2S2. The highest BCUT2D eigenvalue weighted by molar-refractivity contribution is 7.12.